The summed E-state index contributed by atoms with van der Waals surface area (Å²) in [4.78, 5) is 39.5. The Morgan fingerprint density at radius 3 is 2.59 bits per heavy atom. The predicted octanol–water partition coefficient (Wildman–Crippen LogP) is 2.02. The molecule has 2 fully saturated rings. The molecule has 27 heavy (non-hydrogen) atoms. The van der Waals surface area contributed by atoms with Gasteiger partial charge in [-0.3, -0.25) is 19.3 Å². The van der Waals surface area contributed by atoms with E-state index in [-0.39, 0.29) is 16.4 Å². The van der Waals surface area contributed by atoms with Crippen molar-refractivity contribution >= 4 is 56.3 Å². The van der Waals surface area contributed by atoms with Crippen LogP contribution in [-0.2, 0) is 19.4 Å². The Labute approximate surface area is 166 Å². The summed E-state index contributed by atoms with van der Waals surface area (Å²) in [6, 6.07) is 6.36. The maximum Gasteiger partial charge on any atom is 0.294 e. The number of halogens is 1. The SMILES string of the molecule is CN(C(=O)CN1C(=O)SC(=Cc2ccc(Cl)cc2)C1=O)C1CCS(=O)(=O)C1. The maximum atomic E-state index is 12.5. The first-order chi connectivity index (χ1) is 12.7. The van der Waals surface area contributed by atoms with Crippen LogP contribution in [0.5, 0.6) is 0 Å². The third-order valence-corrected chi connectivity index (χ3v) is 7.39. The number of thioether (sulfide) groups is 1. The summed E-state index contributed by atoms with van der Waals surface area (Å²) in [5.41, 5.74) is 0.713. The predicted molar refractivity (Wildman–Crippen MR) is 104 cm³/mol. The first-order valence-electron chi connectivity index (χ1n) is 8.13. The summed E-state index contributed by atoms with van der Waals surface area (Å²) < 4.78 is 23.2. The molecular formula is C17H17ClN2O5S2. The second-order valence-corrected chi connectivity index (χ2v) is 10.0. The molecule has 0 aromatic heterocycles. The molecule has 0 radical (unpaired) electrons. The molecule has 2 saturated heterocycles. The van der Waals surface area contributed by atoms with Crippen molar-refractivity contribution < 1.29 is 22.8 Å². The fourth-order valence-electron chi connectivity index (χ4n) is 2.88. The molecule has 0 aliphatic carbocycles. The lowest BCUT2D eigenvalue weighted by Crippen LogP contribution is -2.45. The zero-order valence-corrected chi connectivity index (χ0v) is 16.8. The second kappa shape index (κ2) is 7.65. The molecule has 2 heterocycles. The smallest absolute Gasteiger partial charge is 0.294 e. The third-order valence-electron chi connectivity index (χ3n) is 4.48. The topological polar surface area (TPSA) is 91.8 Å². The number of hydrogen-bond acceptors (Lipinski definition) is 6. The van der Waals surface area contributed by atoms with Crippen LogP contribution >= 0.6 is 23.4 Å². The molecule has 2 aliphatic heterocycles. The number of carbonyl (C=O) groups is 3. The average molecular weight is 429 g/mol. The van der Waals surface area contributed by atoms with E-state index in [1.807, 2.05) is 0 Å². The molecule has 10 heteroatoms. The van der Waals surface area contributed by atoms with Crippen molar-refractivity contribution in [3.8, 4) is 0 Å². The highest BCUT2D eigenvalue weighted by Gasteiger charge is 2.39. The highest BCUT2D eigenvalue weighted by atomic mass is 35.5. The van der Waals surface area contributed by atoms with Crippen molar-refractivity contribution in [2.24, 2.45) is 0 Å². The zero-order chi connectivity index (χ0) is 19.8. The minimum atomic E-state index is -3.13. The van der Waals surface area contributed by atoms with Crippen LogP contribution < -0.4 is 0 Å². The Morgan fingerprint density at radius 2 is 2.00 bits per heavy atom. The van der Waals surface area contributed by atoms with Crippen LogP contribution in [0.4, 0.5) is 4.79 Å². The quantitative estimate of drug-likeness (QED) is 0.681. The van der Waals surface area contributed by atoms with E-state index in [0.29, 0.717) is 17.0 Å². The molecule has 1 aromatic carbocycles. The molecule has 0 bridgehead atoms. The van der Waals surface area contributed by atoms with Gasteiger partial charge in [0.1, 0.15) is 6.54 Å². The Balaban J connectivity index is 1.68. The van der Waals surface area contributed by atoms with E-state index in [4.69, 9.17) is 11.6 Å². The van der Waals surface area contributed by atoms with Gasteiger partial charge in [0.2, 0.25) is 5.91 Å². The van der Waals surface area contributed by atoms with Gasteiger partial charge in [-0.2, -0.15) is 0 Å². The van der Waals surface area contributed by atoms with E-state index in [1.54, 1.807) is 30.3 Å². The summed E-state index contributed by atoms with van der Waals surface area (Å²) in [5, 5.41) is 0.0313. The highest BCUT2D eigenvalue weighted by molar-refractivity contribution is 8.18. The molecule has 144 valence electrons. The van der Waals surface area contributed by atoms with Gasteiger partial charge in [-0.15, -0.1) is 0 Å². The first kappa shape index (κ1) is 19.9. The van der Waals surface area contributed by atoms with Crippen LogP contribution in [0, 0.1) is 0 Å². The minimum Gasteiger partial charge on any atom is -0.340 e. The molecule has 1 atom stereocenters. The van der Waals surface area contributed by atoms with Gasteiger partial charge in [0.15, 0.2) is 9.84 Å². The number of hydrogen-bond donors (Lipinski definition) is 0. The lowest BCUT2D eigenvalue weighted by Gasteiger charge is -2.25. The molecule has 3 rings (SSSR count). The van der Waals surface area contributed by atoms with Gasteiger partial charge in [0.25, 0.3) is 11.1 Å². The van der Waals surface area contributed by atoms with Gasteiger partial charge in [0.05, 0.1) is 16.4 Å². The summed E-state index contributed by atoms with van der Waals surface area (Å²) >= 11 is 6.59. The van der Waals surface area contributed by atoms with Crippen LogP contribution in [0.15, 0.2) is 29.2 Å². The summed E-state index contributed by atoms with van der Waals surface area (Å²) in [7, 11) is -1.64. The van der Waals surface area contributed by atoms with Gasteiger partial charge < -0.3 is 4.90 Å². The maximum absolute atomic E-state index is 12.5. The molecule has 0 saturated carbocycles. The largest absolute Gasteiger partial charge is 0.340 e. The van der Waals surface area contributed by atoms with Crippen LogP contribution in [0.1, 0.15) is 12.0 Å². The van der Waals surface area contributed by atoms with E-state index >= 15 is 0 Å². The van der Waals surface area contributed by atoms with Gasteiger partial charge in [0, 0.05) is 18.1 Å². The van der Waals surface area contributed by atoms with Crippen LogP contribution in [0.2, 0.25) is 5.02 Å². The van der Waals surface area contributed by atoms with Crippen molar-refractivity contribution in [3.05, 3.63) is 39.8 Å². The molecule has 1 unspecified atom stereocenters. The Morgan fingerprint density at radius 1 is 1.33 bits per heavy atom. The Bertz CT molecular complexity index is 927. The van der Waals surface area contributed by atoms with Gasteiger partial charge >= 0.3 is 0 Å². The number of nitrogens with zero attached hydrogens (tertiary/aromatic N) is 2. The fourth-order valence-corrected chi connectivity index (χ4v) is 5.62. The lowest BCUT2D eigenvalue weighted by molar-refractivity contribution is -0.136. The summed E-state index contributed by atoms with van der Waals surface area (Å²) in [6.45, 7) is -0.407. The second-order valence-electron chi connectivity index (χ2n) is 6.38. The van der Waals surface area contributed by atoms with Gasteiger partial charge in [-0.05, 0) is 42.0 Å². The van der Waals surface area contributed by atoms with Crippen molar-refractivity contribution in [2.45, 2.75) is 12.5 Å². The highest BCUT2D eigenvalue weighted by Crippen LogP contribution is 2.32. The Kier molecular flexibility index (Phi) is 5.64. The number of imide groups is 1. The third kappa shape index (κ3) is 4.53. The van der Waals surface area contributed by atoms with E-state index < -0.39 is 39.5 Å². The van der Waals surface area contributed by atoms with Crippen LogP contribution in [0.25, 0.3) is 6.08 Å². The molecule has 7 nitrogen and oxygen atoms in total. The Hall–Kier alpha value is -1.84. The van der Waals surface area contributed by atoms with Crippen molar-refractivity contribution in [3.63, 3.8) is 0 Å². The van der Waals surface area contributed by atoms with Gasteiger partial charge in [-0.1, -0.05) is 23.7 Å². The van der Waals surface area contributed by atoms with E-state index in [2.05, 4.69) is 0 Å². The van der Waals surface area contributed by atoms with Crippen molar-refractivity contribution in [2.75, 3.05) is 25.1 Å². The number of rotatable bonds is 4. The zero-order valence-electron chi connectivity index (χ0n) is 14.4. The number of likely N-dealkylation sites (N-methyl/N-ethyl adjacent to an activating group) is 1. The fraction of sp³-hybridized carbons (Fsp3) is 0.353. The minimum absolute atomic E-state index is 0.0424. The van der Waals surface area contributed by atoms with Crippen molar-refractivity contribution in [1.29, 1.82) is 0 Å². The number of amides is 3. The number of carbonyl (C=O) groups excluding carboxylic acids is 3. The van der Waals surface area contributed by atoms with Crippen LogP contribution in [-0.4, -0.2) is 66.4 Å². The standard InChI is InChI=1S/C17H17ClN2O5S2/c1-19(13-6-7-27(24,25)10-13)15(21)9-20-16(22)14(26-17(20)23)8-11-2-4-12(18)5-3-11/h2-5,8,13H,6-7,9-10H2,1H3. The molecule has 0 N–H and O–H groups in total. The van der Waals surface area contributed by atoms with E-state index in [1.165, 1.54) is 11.9 Å². The molecule has 0 spiro atoms. The number of benzene rings is 1. The average Bonchev–Trinajstić information content (AvgIpc) is 3.10. The molecule has 1 aromatic rings. The molecule has 2 aliphatic rings. The van der Waals surface area contributed by atoms with Gasteiger partial charge in [-0.25, -0.2) is 8.42 Å². The normalized spacial score (nSPS) is 23.3. The number of sulfone groups is 1. The monoisotopic (exact) mass is 428 g/mol. The van der Waals surface area contributed by atoms with Crippen molar-refractivity contribution in [1.82, 2.24) is 9.80 Å². The lowest BCUT2D eigenvalue weighted by atomic mass is 10.2. The summed E-state index contributed by atoms with van der Waals surface area (Å²) in [5.74, 6) is -1.05. The van der Waals surface area contributed by atoms with E-state index in [0.717, 1.165) is 16.7 Å². The first-order valence-corrected chi connectivity index (χ1v) is 11.1. The molecule has 3 amide bonds. The van der Waals surface area contributed by atoms with Crippen LogP contribution in [0.3, 0.4) is 0 Å². The van der Waals surface area contributed by atoms with E-state index in [9.17, 15) is 22.8 Å². The summed E-state index contributed by atoms with van der Waals surface area (Å²) in [6.07, 6.45) is 1.93. The molecular weight excluding hydrogens is 412 g/mol.